The van der Waals surface area contributed by atoms with Gasteiger partial charge in [0.1, 0.15) is 5.60 Å². The number of aliphatic carboxylic acids is 1. The summed E-state index contributed by atoms with van der Waals surface area (Å²) in [5.74, 6) is 5.22. The number of benzene rings is 3. The lowest BCUT2D eigenvalue weighted by atomic mass is 9.88. The van der Waals surface area contributed by atoms with Crippen molar-refractivity contribution < 1.29 is 15.0 Å². The zero-order valence-corrected chi connectivity index (χ0v) is 18.2. The predicted molar refractivity (Wildman–Crippen MR) is 123 cm³/mol. The molecule has 0 saturated carbocycles. The van der Waals surface area contributed by atoms with Crippen LogP contribution >= 0.6 is 11.6 Å². The van der Waals surface area contributed by atoms with Gasteiger partial charge in [-0.1, -0.05) is 61.6 Å². The first-order valence-corrected chi connectivity index (χ1v) is 10.4. The quantitative estimate of drug-likeness (QED) is 0.498. The zero-order valence-electron chi connectivity index (χ0n) is 17.4. The van der Waals surface area contributed by atoms with Crippen LogP contribution in [0.1, 0.15) is 43.4 Å². The number of hydrogen-bond acceptors (Lipinski definition) is 2. The summed E-state index contributed by atoms with van der Waals surface area (Å²) < 4.78 is 0. The lowest BCUT2D eigenvalue weighted by molar-refractivity contribution is -0.136. The molecular formula is C26H25ClO3. The molecule has 0 aliphatic rings. The van der Waals surface area contributed by atoms with Crippen LogP contribution in [-0.2, 0) is 11.2 Å². The molecule has 0 aliphatic carbocycles. The standard InChI is InChI=1S/C26H25ClO3/c1-4-26(30,5-2)13-12-18-6-7-20-14-17(3)22(16-24(28)29)25(23(20)15-18)19-8-10-21(27)11-9-19/h6-11,14-15,30H,4-5,16H2,1-3H3,(H,28,29). The Bertz CT molecular complexity index is 1150. The molecule has 2 N–H and O–H groups in total. The highest BCUT2D eigenvalue weighted by atomic mass is 35.5. The minimum Gasteiger partial charge on any atom is -0.481 e. The molecule has 0 atom stereocenters. The number of carboxylic acids is 1. The SMILES string of the molecule is CCC(O)(C#Cc1ccc2cc(C)c(CC(=O)O)c(-c3ccc(Cl)cc3)c2c1)CC. The molecule has 4 heteroatoms. The first-order chi connectivity index (χ1) is 14.3. The van der Waals surface area contributed by atoms with Crippen molar-refractivity contribution in [1.29, 1.82) is 0 Å². The van der Waals surface area contributed by atoms with Gasteiger partial charge in [-0.15, -0.1) is 0 Å². The normalized spacial score (nSPS) is 11.2. The Labute approximate surface area is 182 Å². The first kappa shape index (κ1) is 21.9. The molecule has 3 aromatic rings. The van der Waals surface area contributed by atoms with Crippen LogP contribution in [-0.4, -0.2) is 21.8 Å². The zero-order chi connectivity index (χ0) is 21.9. The number of rotatable bonds is 5. The van der Waals surface area contributed by atoms with Gasteiger partial charge in [0.05, 0.1) is 6.42 Å². The van der Waals surface area contributed by atoms with Crippen molar-refractivity contribution in [2.45, 2.75) is 45.6 Å². The van der Waals surface area contributed by atoms with Crippen molar-refractivity contribution >= 4 is 28.3 Å². The monoisotopic (exact) mass is 420 g/mol. The maximum Gasteiger partial charge on any atom is 0.307 e. The molecule has 0 aromatic heterocycles. The second-order valence-corrected chi connectivity index (χ2v) is 7.99. The minimum absolute atomic E-state index is 0.0684. The molecule has 0 saturated heterocycles. The van der Waals surface area contributed by atoms with Crippen LogP contribution in [0.25, 0.3) is 21.9 Å². The van der Waals surface area contributed by atoms with Crippen molar-refractivity contribution in [3.8, 4) is 23.0 Å². The maximum absolute atomic E-state index is 11.6. The van der Waals surface area contributed by atoms with Gasteiger partial charge in [0.25, 0.3) is 0 Å². The van der Waals surface area contributed by atoms with Gasteiger partial charge in [0.15, 0.2) is 0 Å². The summed E-state index contributed by atoms with van der Waals surface area (Å²) in [4.78, 5) is 11.6. The summed E-state index contributed by atoms with van der Waals surface area (Å²) in [5, 5.41) is 22.6. The Hall–Kier alpha value is -2.80. The van der Waals surface area contributed by atoms with Crippen LogP contribution < -0.4 is 0 Å². The summed E-state index contributed by atoms with van der Waals surface area (Å²) in [6.07, 6.45) is 1.05. The topological polar surface area (TPSA) is 57.5 Å². The molecule has 154 valence electrons. The third kappa shape index (κ3) is 4.67. The summed E-state index contributed by atoms with van der Waals surface area (Å²) in [7, 11) is 0. The van der Waals surface area contributed by atoms with Gasteiger partial charge in [-0.3, -0.25) is 4.79 Å². The van der Waals surface area contributed by atoms with Crippen molar-refractivity contribution in [2.75, 3.05) is 0 Å². The highest BCUT2D eigenvalue weighted by Gasteiger charge is 2.19. The fourth-order valence-electron chi connectivity index (χ4n) is 3.60. The Kier molecular flexibility index (Phi) is 6.51. The average molecular weight is 421 g/mol. The number of carbonyl (C=O) groups is 1. The van der Waals surface area contributed by atoms with E-state index in [-0.39, 0.29) is 6.42 Å². The van der Waals surface area contributed by atoms with E-state index in [2.05, 4.69) is 11.8 Å². The number of aliphatic hydroxyl groups is 1. The molecule has 3 nitrogen and oxygen atoms in total. The third-order valence-electron chi connectivity index (χ3n) is 5.54. The highest BCUT2D eigenvalue weighted by molar-refractivity contribution is 6.30. The molecule has 0 fully saturated rings. The number of halogens is 1. The number of fused-ring (bicyclic) bond motifs is 1. The molecule has 0 radical (unpaired) electrons. The molecular weight excluding hydrogens is 396 g/mol. The molecule has 0 aliphatic heterocycles. The van der Waals surface area contributed by atoms with E-state index >= 15 is 0 Å². The van der Waals surface area contributed by atoms with Crippen molar-refractivity contribution in [3.63, 3.8) is 0 Å². The largest absolute Gasteiger partial charge is 0.481 e. The van der Waals surface area contributed by atoms with Crippen molar-refractivity contribution in [3.05, 3.63) is 70.2 Å². The van der Waals surface area contributed by atoms with E-state index in [1.54, 1.807) is 0 Å². The van der Waals surface area contributed by atoms with Crippen LogP contribution in [0.15, 0.2) is 48.5 Å². The van der Waals surface area contributed by atoms with E-state index < -0.39 is 11.6 Å². The van der Waals surface area contributed by atoms with E-state index in [1.807, 2.05) is 69.3 Å². The summed E-state index contributed by atoms with van der Waals surface area (Å²) in [5.41, 5.74) is 3.28. The van der Waals surface area contributed by atoms with Gasteiger partial charge in [-0.05, 0) is 77.1 Å². The summed E-state index contributed by atoms with van der Waals surface area (Å²) in [6.45, 7) is 5.77. The van der Waals surface area contributed by atoms with E-state index in [1.165, 1.54) is 0 Å². The molecule has 30 heavy (non-hydrogen) atoms. The third-order valence-corrected chi connectivity index (χ3v) is 5.79. The van der Waals surface area contributed by atoms with Crippen LogP contribution in [0.2, 0.25) is 5.02 Å². The van der Waals surface area contributed by atoms with Gasteiger partial charge in [0, 0.05) is 10.6 Å². The minimum atomic E-state index is -1.00. The lowest BCUT2D eigenvalue weighted by Gasteiger charge is -2.17. The van der Waals surface area contributed by atoms with E-state index in [0.29, 0.717) is 17.9 Å². The predicted octanol–water partition coefficient (Wildman–Crippen LogP) is 6.00. The van der Waals surface area contributed by atoms with Gasteiger partial charge in [-0.25, -0.2) is 0 Å². The molecule has 0 bridgehead atoms. The fraction of sp³-hybridized carbons (Fsp3) is 0.269. The van der Waals surface area contributed by atoms with E-state index in [9.17, 15) is 15.0 Å². The van der Waals surface area contributed by atoms with Crippen molar-refractivity contribution in [1.82, 2.24) is 0 Å². The average Bonchev–Trinajstić information content (AvgIpc) is 2.73. The molecule has 0 spiro atoms. The Morgan fingerprint density at radius 3 is 2.33 bits per heavy atom. The second kappa shape index (κ2) is 8.92. The van der Waals surface area contributed by atoms with Crippen LogP contribution in [0.5, 0.6) is 0 Å². The Morgan fingerprint density at radius 1 is 1.07 bits per heavy atom. The fourth-order valence-corrected chi connectivity index (χ4v) is 3.72. The van der Waals surface area contributed by atoms with Gasteiger partial charge < -0.3 is 10.2 Å². The Balaban J connectivity index is 2.28. The first-order valence-electron chi connectivity index (χ1n) is 10.1. The molecule has 3 rings (SSSR count). The second-order valence-electron chi connectivity index (χ2n) is 7.55. The van der Waals surface area contributed by atoms with Crippen LogP contribution in [0, 0.1) is 18.8 Å². The summed E-state index contributed by atoms with van der Waals surface area (Å²) >= 11 is 6.07. The Morgan fingerprint density at radius 2 is 1.73 bits per heavy atom. The van der Waals surface area contributed by atoms with Crippen molar-refractivity contribution in [2.24, 2.45) is 0 Å². The smallest absolute Gasteiger partial charge is 0.307 e. The number of hydrogen-bond donors (Lipinski definition) is 2. The molecule has 3 aromatic carbocycles. The van der Waals surface area contributed by atoms with Gasteiger partial charge in [0.2, 0.25) is 0 Å². The van der Waals surface area contributed by atoms with Gasteiger partial charge >= 0.3 is 5.97 Å². The molecule has 0 unspecified atom stereocenters. The van der Waals surface area contributed by atoms with E-state index in [0.717, 1.165) is 38.6 Å². The van der Waals surface area contributed by atoms with Crippen LogP contribution in [0.3, 0.4) is 0 Å². The summed E-state index contributed by atoms with van der Waals surface area (Å²) in [6, 6.07) is 15.3. The maximum atomic E-state index is 11.6. The number of carboxylic acid groups (broad SMARTS) is 1. The van der Waals surface area contributed by atoms with Crippen LogP contribution in [0.4, 0.5) is 0 Å². The van der Waals surface area contributed by atoms with Gasteiger partial charge in [-0.2, -0.15) is 0 Å². The lowest BCUT2D eigenvalue weighted by Crippen LogP contribution is -2.23. The number of aryl methyl sites for hydroxylation is 1. The molecule has 0 amide bonds. The van der Waals surface area contributed by atoms with E-state index in [4.69, 9.17) is 11.6 Å². The highest BCUT2D eigenvalue weighted by Crippen LogP contribution is 2.36. The molecule has 0 heterocycles.